The summed E-state index contributed by atoms with van der Waals surface area (Å²) in [5.41, 5.74) is 0. The zero-order valence-electron chi connectivity index (χ0n) is 12.8. The number of nitrogens with zero attached hydrogens (tertiary/aromatic N) is 1. The van der Waals surface area contributed by atoms with E-state index in [0.717, 1.165) is 31.1 Å². The van der Waals surface area contributed by atoms with Crippen molar-refractivity contribution in [2.75, 3.05) is 32.8 Å². The van der Waals surface area contributed by atoms with Crippen LogP contribution in [0.25, 0.3) is 0 Å². The van der Waals surface area contributed by atoms with Crippen molar-refractivity contribution in [1.82, 2.24) is 15.5 Å². The Morgan fingerprint density at radius 1 is 1.52 bits per heavy atom. The fourth-order valence-corrected chi connectivity index (χ4v) is 3.08. The van der Waals surface area contributed by atoms with Crippen molar-refractivity contribution in [3.05, 3.63) is 22.4 Å². The van der Waals surface area contributed by atoms with Gasteiger partial charge in [0.2, 0.25) is 0 Å². The molecule has 1 atom stereocenters. The molecule has 0 unspecified atom stereocenters. The Morgan fingerprint density at radius 2 is 2.38 bits per heavy atom. The predicted octanol–water partition coefficient (Wildman–Crippen LogP) is 1.90. The summed E-state index contributed by atoms with van der Waals surface area (Å²) in [5.74, 6) is 0.658. The summed E-state index contributed by atoms with van der Waals surface area (Å²) < 4.78 is 5.71. The molecule has 0 bridgehead atoms. The lowest BCUT2D eigenvalue weighted by Gasteiger charge is -2.33. The van der Waals surface area contributed by atoms with Gasteiger partial charge in [-0.1, -0.05) is 19.9 Å². The molecule has 1 fully saturated rings. The third-order valence-electron chi connectivity index (χ3n) is 3.34. The first-order valence-corrected chi connectivity index (χ1v) is 8.39. The molecule has 6 heteroatoms. The first kappa shape index (κ1) is 16.3. The molecule has 5 nitrogen and oxygen atoms in total. The first-order chi connectivity index (χ1) is 10.1. The molecule has 0 saturated carbocycles. The van der Waals surface area contributed by atoms with E-state index in [2.05, 4.69) is 29.4 Å². The topological polar surface area (TPSA) is 53.6 Å². The molecular formula is C15H25N3O2S. The summed E-state index contributed by atoms with van der Waals surface area (Å²) in [4.78, 5) is 15.3. The van der Waals surface area contributed by atoms with E-state index in [1.165, 1.54) is 0 Å². The van der Waals surface area contributed by atoms with Crippen LogP contribution in [-0.2, 0) is 11.3 Å². The Balaban J connectivity index is 1.63. The van der Waals surface area contributed by atoms with Gasteiger partial charge in [-0.15, -0.1) is 11.3 Å². The van der Waals surface area contributed by atoms with Gasteiger partial charge in [-0.2, -0.15) is 0 Å². The fourth-order valence-electron chi connectivity index (χ4n) is 2.44. The maximum atomic E-state index is 11.8. The molecule has 0 aromatic carbocycles. The Morgan fingerprint density at radius 3 is 3.10 bits per heavy atom. The number of rotatable bonds is 6. The monoisotopic (exact) mass is 311 g/mol. The SMILES string of the molecule is CC(C)CN1CCO[C@H](CNC(=O)NCc2cccs2)C1. The van der Waals surface area contributed by atoms with Gasteiger partial charge >= 0.3 is 6.03 Å². The molecule has 0 aliphatic carbocycles. The summed E-state index contributed by atoms with van der Waals surface area (Å²) in [7, 11) is 0. The van der Waals surface area contributed by atoms with Crippen molar-refractivity contribution in [1.29, 1.82) is 0 Å². The smallest absolute Gasteiger partial charge is 0.315 e. The molecule has 1 saturated heterocycles. The molecule has 118 valence electrons. The minimum atomic E-state index is -0.131. The maximum Gasteiger partial charge on any atom is 0.315 e. The van der Waals surface area contributed by atoms with Crippen LogP contribution < -0.4 is 10.6 Å². The lowest BCUT2D eigenvalue weighted by Crippen LogP contribution is -2.49. The molecule has 21 heavy (non-hydrogen) atoms. The second-order valence-corrected chi connectivity index (χ2v) is 6.82. The molecule has 2 heterocycles. The van der Waals surface area contributed by atoms with Crippen molar-refractivity contribution in [2.45, 2.75) is 26.5 Å². The van der Waals surface area contributed by atoms with E-state index in [4.69, 9.17) is 4.74 Å². The number of carbonyl (C=O) groups excluding carboxylic acids is 1. The highest BCUT2D eigenvalue weighted by atomic mass is 32.1. The molecule has 1 aliphatic rings. The minimum absolute atomic E-state index is 0.0880. The van der Waals surface area contributed by atoms with Crippen LogP contribution in [0.2, 0.25) is 0 Å². The van der Waals surface area contributed by atoms with Crippen molar-refractivity contribution in [3.8, 4) is 0 Å². The van der Waals surface area contributed by atoms with Crippen LogP contribution in [0.4, 0.5) is 4.79 Å². The van der Waals surface area contributed by atoms with Crippen LogP contribution in [0, 0.1) is 5.92 Å². The normalized spacial score (nSPS) is 19.7. The van der Waals surface area contributed by atoms with E-state index >= 15 is 0 Å². The summed E-state index contributed by atoms with van der Waals surface area (Å²) in [5, 5.41) is 7.76. The van der Waals surface area contributed by atoms with E-state index < -0.39 is 0 Å². The number of ether oxygens (including phenoxy) is 1. The highest BCUT2D eigenvalue weighted by Gasteiger charge is 2.21. The summed E-state index contributed by atoms with van der Waals surface area (Å²) in [6.45, 7) is 9.30. The summed E-state index contributed by atoms with van der Waals surface area (Å²) >= 11 is 1.64. The molecule has 1 aliphatic heterocycles. The number of amides is 2. The lowest BCUT2D eigenvalue weighted by atomic mass is 10.2. The quantitative estimate of drug-likeness (QED) is 0.844. The van der Waals surface area contributed by atoms with Crippen molar-refractivity contribution in [2.24, 2.45) is 5.92 Å². The fraction of sp³-hybridized carbons (Fsp3) is 0.667. The van der Waals surface area contributed by atoms with E-state index in [1.54, 1.807) is 11.3 Å². The highest BCUT2D eigenvalue weighted by molar-refractivity contribution is 7.09. The molecular weight excluding hydrogens is 286 g/mol. The number of urea groups is 1. The molecule has 1 aromatic rings. The lowest BCUT2D eigenvalue weighted by molar-refractivity contribution is -0.0290. The van der Waals surface area contributed by atoms with Gasteiger partial charge in [0.25, 0.3) is 0 Å². The van der Waals surface area contributed by atoms with Crippen LogP contribution >= 0.6 is 11.3 Å². The van der Waals surface area contributed by atoms with E-state index in [9.17, 15) is 4.79 Å². The molecule has 0 spiro atoms. The average molecular weight is 311 g/mol. The van der Waals surface area contributed by atoms with Crippen LogP contribution in [0.1, 0.15) is 18.7 Å². The number of hydrogen-bond donors (Lipinski definition) is 2. The van der Waals surface area contributed by atoms with Gasteiger partial charge in [-0.05, 0) is 17.4 Å². The molecule has 2 rings (SSSR count). The second-order valence-electron chi connectivity index (χ2n) is 5.79. The van der Waals surface area contributed by atoms with Gasteiger partial charge in [0, 0.05) is 31.1 Å². The number of hydrogen-bond acceptors (Lipinski definition) is 4. The second kappa shape index (κ2) is 8.36. The van der Waals surface area contributed by atoms with Crippen molar-refractivity contribution < 1.29 is 9.53 Å². The van der Waals surface area contributed by atoms with Gasteiger partial charge in [-0.25, -0.2) is 4.79 Å². The summed E-state index contributed by atoms with van der Waals surface area (Å²) in [6, 6.07) is 3.87. The third kappa shape index (κ3) is 6.03. The van der Waals surface area contributed by atoms with Gasteiger partial charge in [0.1, 0.15) is 0 Å². The van der Waals surface area contributed by atoms with Gasteiger partial charge < -0.3 is 15.4 Å². The van der Waals surface area contributed by atoms with Crippen LogP contribution in [0.15, 0.2) is 17.5 Å². The van der Waals surface area contributed by atoms with E-state index in [1.807, 2.05) is 17.5 Å². The van der Waals surface area contributed by atoms with Crippen LogP contribution in [-0.4, -0.2) is 49.8 Å². The molecule has 1 aromatic heterocycles. The Labute approximate surface area is 130 Å². The number of morpholine rings is 1. The summed E-state index contributed by atoms with van der Waals surface area (Å²) in [6.07, 6.45) is 0.0880. The predicted molar refractivity (Wildman–Crippen MR) is 85.6 cm³/mol. The molecule has 2 N–H and O–H groups in total. The van der Waals surface area contributed by atoms with E-state index in [0.29, 0.717) is 19.0 Å². The van der Waals surface area contributed by atoms with Gasteiger partial charge in [-0.3, -0.25) is 4.90 Å². The zero-order chi connectivity index (χ0) is 15.1. The maximum absolute atomic E-state index is 11.8. The first-order valence-electron chi connectivity index (χ1n) is 7.51. The standard InChI is InChI=1S/C15H25N3O2S/c1-12(2)10-18-5-6-20-13(11-18)8-16-15(19)17-9-14-4-3-7-21-14/h3-4,7,12-13H,5-6,8-11H2,1-2H3,(H2,16,17,19)/t13-/m1/s1. The largest absolute Gasteiger partial charge is 0.374 e. The van der Waals surface area contributed by atoms with Crippen LogP contribution in [0.5, 0.6) is 0 Å². The van der Waals surface area contributed by atoms with Gasteiger partial charge in [0.15, 0.2) is 0 Å². The molecule has 2 amide bonds. The number of nitrogens with one attached hydrogen (secondary N) is 2. The minimum Gasteiger partial charge on any atom is -0.374 e. The average Bonchev–Trinajstić information content (AvgIpc) is 2.96. The zero-order valence-corrected chi connectivity index (χ0v) is 13.6. The Bertz CT molecular complexity index is 423. The Hall–Kier alpha value is -1.11. The van der Waals surface area contributed by atoms with Crippen LogP contribution in [0.3, 0.4) is 0 Å². The van der Waals surface area contributed by atoms with Gasteiger partial charge in [0.05, 0.1) is 19.3 Å². The number of carbonyl (C=O) groups is 1. The third-order valence-corrected chi connectivity index (χ3v) is 4.22. The number of thiophene rings is 1. The highest BCUT2D eigenvalue weighted by Crippen LogP contribution is 2.08. The van der Waals surface area contributed by atoms with Crippen molar-refractivity contribution in [3.63, 3.8) is 0 Å². The Kier molecular flexibility index (Phi) is 6.48. The van der Waals surface area contributed by atoms with E-state index in [-0.39, 0.29) is 12.1 Å². The molecule has 0 radical (unpaired) electrons. The van der Waals surface area contributed by atoms with Crippen molar-refractivity contribution >= 4 is 17.4 Å².